The molecule has 0 spiro atoms. The number of ether oxygens (including phenoxy) is 1. The molecule has 0 atom stereocenters. The van der Waals surface area contributed by atoms with Gasteiger partial charge in [-0.25, -0.2) is 0 Å². The summed E-state index contributed by atoms with van der Waals surface area (Å²) in [5.74, 6) is -1.07. The van der Waals surface area contributed by atoms with Crippen molar-refractivity contribution >= 4 is 17.3 Å². The van der Waals surface area contributed by atoms with E-state index in [0.717, 1.165) is 18.2 Å². The van der Waals surface area contributed by atoms with Gasteiger partial charge in [-0.15, -0.1) is 6.58 Å². The molecule has 0 fully saturated rings. The summed E-state index contributed by atoms with van der Waals surface area (Å²) >= 11 is 0. The van der Waals surface area contributed by atoms with Crippen LogP contribution in [0.25, 0.3) is 0 Å². The minimum atomic E-state index is -0.858. The monoisotopic (exact) mass is 252 g/mol. The van der Waals surface area contributed by atoms with Crippen molar-refractivity contribution in [2.45, 2.75) is 6.42 Å². The Morgan fingerprint density at radius 1 is 1.33 bits per heavy atom. The second kappa shape index (κ2) is 5.53. The lowest BCUT2D eigenvalue weighted by atomic mass is 10.2. The Balaban J connectivity index is 3.11. The Hall–Kier alpha value is -2.77. The molecule has 0 aliphatic rings. The zero-order valence-corrected chi connectivity index (χ0v) is 9.07. The molecule has 1 aromatic carbocycles. The van der Waals surface area contributed by atoms with Crippen molar-refractivity contribution in [2.75, 3.05) is 0 Å². The zero-order chi connectivity index (χ0) is 13.7. The van der Waals surface area contributed by atoms with Crippen molar-refractivity contribution in [3.63, 3.8) is 0 Å². The average molecular weight is 252 g/mol. The quantitative estimate of drug-likeness (QED) is 0.260. The SMILES string of the molecule is C=CCC(=O)Oc1ccc([N+](=O)[O-])cc1[N+](=O)[O-]. The largest absolute Gasteiger partial charge is 0.419 e. The summed E-state index contributed by atoms with van der Waals surface area (Å²) in [4.78, 5) is 30.7. The van der Waals surface area contributed by atoms with E-state index in [2.05, 4.69) is 6.58 Å². The molecular weight excluding hydrogens is 244 g/mol. The molecule has 18 heavy (non-hydrogen) atoms. The number of carbonyl (C=O) groups is 1. The summed E-state index contributed by atoms with van der Waals surface area (Å²) in [6.07, 6.45) is 1.16. The van der Waals surface area contributed by atoms with Crippen LogP contribution in [0.5, 0.6) is 5.75 Å². The van der Waals surface area contributed by atoms with E-state index in [9.17, 15) is 25.0 Å². The smallest absolute Gasteiger partial charge is 0.318 e. The molecule has 94 valence electrons. The number of esters is 1. The fourth-order valence-corrected chi connectivity index (χ4v) is 1.13. The molecule has 0 saturated carbocycles. The Labute approximate surface area is 101 Å². The van der Waals surface area contributed by atoms with Crippen LogP contribution in [-0.4, -0.2) is 15.8 Å². The topological polar surface area (TPSA) is 113 Å². The summed E-state index contributed by atoms with van der Waals surface area (Å²) in [6.45, 7) is 3.31. The number of rotatable bonds is 5. The molecule has 8 nitrogen and oxygen atoms in total. The average Bonchev–Trinajstić information content (AvgIpc) is 2.29. The van der Waals surface area contributed by atoms with Crippen molar-refractivity contribution in [2.24, 2.45) is 0 Å². The minimum Gasteiger partial charge on any atom is -0.419 e. The Morgan fingerprint density at radius 2 is 2.00 bits per heavy atom. The summed E-state index contributed by atoms with van der Waals surface area (Å²) in [6, 6.07) is 2.76. The highest BCUT2D eigenvalue weighted by molar-refractivity contribution is 5.75. The number of carbonyl (C=O) groups excluding carboxylic acids is 1. The number of non-ortho nitro benzene ring substituents is 1. The van der Waals surface area contributed by atoms with Gasteiger partial charge in [-0.1, -0.05) is 6.08 Å². The van der Waals surface area contributed by atoms with Crippen LogP contribution >= 0.6 is 0 Å². The van der Waals surface area contributed by atoms with Gasteiger partial charge in [0.1, 0.15) is 0 Å². The van der Waals surface area contributed by atoms with E-state index in [1.54, 1.807) is 0 Å². The molecule has 0 bridgehead atoms. The maximum atomic E-state index is 11.2. The van der Waals surface area contributed by atoms with Crippen LogP contribution in [0.3, 0.4) is 0 Å². The number of nitro benzene ring substituents is 2. The van der Waals surface area contributed by atoms with Gasteiger partial charge in [0.15, 0.2) is 0 Å². The number of benzene rings is 1. The third-order valence-corrected chi connectivity index (χ3v) is 1.88. The van der Waals surface area contributed by atoms with Crippen LogP contribution in [0.1, 0.15) is 6.42 Å². The van der Waals surface area contributed by atoms with Gasteiger partial charge in [0.2, 0.25) is 5.75 Å². The van der Waals surface area contributed by atoms with Gasteiger partial charge >= 0.3 is 11.7 Å². The Morgan fingerprint density at radius 3 is 2.50 bits per heavy atom. The van der Waals surface area contributed by atoms with Crippen LogP contribution < -0.4 is 4.74 Å². The summed E-state index contributed by atoms with van der Waals surface area (Å²) in [5.41, 5.74) is -1.09. The van der Waals surface area contributed by atoms with Crippen LogP contribution in [0.2, 0.25) is 0 Å². The van der Waals surface area contributed by atoms with Crippen molar-refractivity contribution in [1.82, 2.24) is 0 Å². The van der Waals surface area contributed by atoms with Crippen molar-refractivity contribution in [1.29, 1.82) is 0 Å². The minimum absolute atomic E-state index is 0.117. The molecule has 0 aliphatic heterocycles. The molecule has 0 saturated heterocycles. The maximum absolute atomic E-state index is 11.2. The highest BCUT2D eigenvalue weighted by atomic mass is 16.6. The number of hydrogen-bond acceptors (Lipinski definition) is 6. The van der Waals surface area contributed by atoms with Crippen LogP contribution in [-0.2, 0) is 4.79 Å². The summed E-state index contributed by atoms with van der Waals surface area (Å²) in [7, 11) is 0. The summed E-state index contributed by atoms with van der Waals surface area (Å²) < 4.78 is 4.71. The molecule has 0 unspecified atom stereocenters. The third kappa shape index (κ3) is 3.11. The van der Waals surface area contributed by atoms with Crippen molar-refractivity contribution in [3.05, 3.63) is 51.1 Å². The van der Waals surface area contributed by atoms with Gasteiger partial charge in [0, 0.05) is 6.07 Å². The Kier molecular flexibility index (Phi) is 4.08. The van der Waals surface area contributed by atoms with E-state index in [4.69, 9.17) is 4.74 Å². The first-order valence-electron chi connectivity index (χ1n) is 4.70. The van der Waals surface area contributed by atoms with E-state index in [1.807, 2.05) is 0 Å². The first-order valence-corrected chi connectivity index (χ1v) is 4.70. The summed E-state index contributed by atoms with van der Waals surface area (Å²) in [5, 5.41) is 21.2. The van der Waals surface area contributed by atoms with Gasteiger partial charge in [-0.2, -0.15) is 0 Å². The molecule has 0 amide bonds. The molecule has 0 aromatic heterocycles. The molecule has 0 radical (unpaired) electrons. The molecule has 0 N–H and O–H groups in total. The lowest BCUT2D eigenvalue weighted by Gasteiger charge is -2.03. The fourth-order valence-electron chi connectivity index (χ4n) is 1.13. The normalized spacial score (nSPS) is 9.56. The predicted molar refractivity (Wildman–Crippen MR) is 60.2 cm³/mol. The predicted octanol–water partition coefficient (Wildman–Crippen LogP) is 1.98. The van der Waals surface area contributed by atoms with Crippen LogP contribution in [0.4, 0.5) is 11.4 Å². The fraction of sp³-hybridized carbons (Fsp3) is 0.100. The third-order valence-electron chi connectivity index (χ3n) is 1.88. The van der Waals surface area contributed by atoms with Gasteiger partial charge in [-0.05, 0) is 6.07 Å². The highest BCUT2D eigenvalue weighted by Crippen LogP contribution is 2.31. The second-order valence-electron chi connectivity index (χ2n) is 3.13. The van der Waals surface area contributed by atoms with Gasteiger partial charge in [0.25, 0.3) is 5.69 Å². The van der Waals surface area contributed by atoms with Crippen molar-refractivity contribution in [3.8, 4) is 5.75 Å². The van der Waals surface area contributed by atoms with Gasteiger partial charge in [-0.3, -0.25) is 25.0 Å². The Bertz CT molecular complexity index is 525. The van der Waals surface area contributed by atoms with Crippen LogP contribution in [0.15, 0.2) is 30.9 Å². The zero-order valence-electron chi connectivity index (χ0n) is 9.07. The molecule has 8 heteroatoms. The number of nitro groups is 2. The van der Waals surface area contributed by atoms with E-state index >= 15 is 0 Å². The highest BCUT2D eigenvalue weighted by Gasteiger charge is 2.22. The van der Waals surface area contributed by atoms with Crippen molar-refractivity contribution < 1.29 is 19.4 Å². The van der Waals surface area contributed by atoms with Gasteiger partial charge < -0.3 is 4.74 Å². The lowest BCUT2D eigenvalue weighted by Crippen LogP contribution is -2.08. The molecule has 1 aromatic rings. The molecule has 0 heterocycles. The molecule has 0 aliphatic carbocycles. The second-order valence-corrected chi connectivity index (χ2v) is 3.13. The van der Waals surface area contributed by atoms with Gasteiger partial charge in [0.05, 0.1) is 22.3 Å². The van der Waals surface area contributed by atoms with E-state index < -0.39 is 27.2 Å². The van der Waals surface area contributed by atoms with Crippen LogP contribution in [0, 0.1) is 20.2 Å². The first-order chi connectivity index (χ1) is 8.45. The standard InChI is InChI=1S/C10H8N2O6/c1-2-3-10(13)18-9-5-4-7(11(14)15)6-8(9)12(16)17/h2,4-6H,1,3H2. The number of nitrogens with zero attached hydrogens (tertiary/aromatic N) is 2. The van der Waals surface area contributed by atoms with E-state index in [-0.39, 0.29) is 12.2 Å². The maximum Gasteiger partial charge on any atom is 0.318 e. The van der Waals surface area contributed by atoms with E-state index in [1.165, 1.54) is 6.08 Å². The molecular formula is C10H8N2O6. The van der Waals surface area contributed by atoms with E-state index in [0.29, 0.717) is 0 Å². The lowest BCUT2D eigenvalue weighted by molar-refractivity contribution is -0.394. The number of hydrogen-bond donors (Lipinski definition) is 0. The molecule has 1 rings (SSSR count). The first kappa shape index (κ1) is 13.3.